The van der Waals surface area contributed by atoms with Gasteiger partial charge in [-0.05, 0) is 35.2 Å². The highest BCUT2D eigenvalue weighted by Crippen LogP contribution is 1.99. The van der Waals surface area contributed by atoms with E-state index in [0.717, 1.165) is 12.1 Å². The average Bonchev–Trinajstić information content (AvgIpc) is 2.47. The standard InChI is InChI=1S/C7H6BNO2.C6H5BF2O2/c9-5-6-1-3-7(4-2-6)8(10)11;8-5-1-4(7(10)11)2-6(9)3-5/h1-4,10-11H;1-3,10-11H. The Bertz CT molecular complexity index is 640. The molecule has 0 fully saturated rings. The highest BCUT2D eigenvalue weighted by Gasteiger charge is 2.12. The Hall–Kier alpha value is -2.24. The largest absolute Gasteiger partial charge is 0.488 e. The van der Waals surface area contributed by atoms with Gasteiger partial charge in [-0.15, -0.1) is 0 Å². The van der Waals surface area contributed by atoms with Crippen molar-refractivity contribution >= 4 is 25.2 Å². The highest BCUT2D eigenvalue weighted by molar-refractivity contribution is 6.58. The summed E-state index contributed by atoms with van der Waals surface area (Å²) in [5.41, 5.74) is 0.709. The van der Waals surface area contributed by atoms with Gasteiger partial charge in [-0.25, -0.2) is 8.78 Å². The SMILES string of the molecule is N#Cc1ccc(B(O)O)cc1.OB(O)c1cc(F)cc(F)c1. The fraction of sp³-hybridized carbons (Fsp3) is 0. The first-order valence-corrected chi connectivity index (χ1v) is 6.02. The third-order valence-corrected chi connectivity index (χ3v) is 2.52. The molecule has 0 aliphatic carbocycles. The maximum absolute atomic E-state index is 12.3. The minimum absolute atomic E-state index is 0.192. The van der Waals surface area contributed by atoms with Gasteiger partial charge in [0.25, 0.3) is 0 Å². The van der Waals surface area contributed by atoms with Crippen molar-refractivity contribution in [3.05, 3.63) is 59.7 Å². The van der Waals surface area contributed by atoms with E-state index in [1.165, 1.54) is 24.3 Å². The van der Waals surface area contributed by atoms with Gasteiger partial charge in [0, 0.05) is 6.07 Å². The van der Waals surface area contributed by atoms with Gasteiger partial charge in [-0.1, -0.05) is 12.1 Å². The zero-order chi connectivity index (χ0) is 16.7. The summed E-state index contributed by atoms with van der Waals surface area (Å²) in [5, 5.41) is 42.7. The first kappa shape index (κ1) is 17.8. The molecule has 5 nitrogen and oxygen atoms in total. The summed E-state index contributed by atoms with van der Waals surface area (Å²) in [4.78, 5) is 0. The van der Waals surface area contributed by atoms with Crippen LogP contribution in [0.4, 0.5) is 8.78 Å². The Morgan fingerprint density at radius 1 is 0.773 bits per heavy atom. The summed E-state index contributed by atoms with van der Waals surface area (Å²) >= 11 is 0. The summed E-state index contributed by atoms with van der Waals surface area (Å²) < 4.78 is 24.7. The minimum atomic E-state index is -1.83. The van der Waals surface area contributed by atoms with Crippen molar-refractivity contribution in [2.45, 2.75) is 0 Å². The smallest absolute Gasteiger partial charge is 0.423 e. The van der Waals surface area contributed by atoms with Crippen LogP contribution in [0, 0.1) is 23.0 Å². The summed E-state index contributed by atoms with van der Waals surface area (Å²) in [7, 11) is -3.29. The molecule has 0 saturated heterocycles. The quantitative estimate of drug-likeness (QED) is 0.526. The maximum atomic E-state index is 12.3. The van der Waals surface area contributed by atoms with E-state index >= 15 is 0 Å². The lowest BCUT2D eigenvalue weighted by atomic mass is 9.80. The van der Waals surface area contributed by atoms with E-state index in [0.29, 0.717) is 17.1 Å². The zero-order valence-electron chi connectivity index (χ0n) is 11.2. The Morgan fingerprint density at radius 3 is 1.59 bits per heavy atom. The van der Waals surface area contributed by atoms with Gasteiger partial charge in [-0.3, -0.25) is 0 Å². The summed E-state index contributed by atoms with van der Waals surface area (Å²) in [6, 6.07) is 10.4. The molecule has 0 radical (unpaired) electrons. The van der Waals surface area contributed by atoms with E-state index in [-0.39, 0.29) is 5.46 Å². The second-order valence-electron chi connectivity index (χ2n) is 4.18. The van der Waals surface area contributed by atoms with E-state index in [2.05, 4.69) is 0 Å². The molecular formula is C13H11B2F2NO4. The summed E-state index contributed by atoms with van der Waals surface area (Å²) in [6.45, 7) is 0. The molecule has 0 aliphatic heterocycles. The molecule has 0 amide bonds. The van der Waals surface area contributed by atoms with Gasteiger partial charge in [0.05, 0.1) is 11.6 Å². The molecule has 2 rings (SSSR count). The topological polar surface area (TPSA) is 105 Å². The van der Waals surface area contributed by atoms with Gasteiger partial charge in [0.2, 0.25) is 0 Å². The second-order valence-corrected chi connectivity index (χ2v) is 4.18. The monoisotopic (exact) mass is 305 g/mol. The molecule has 0 bridgehead atoms. The fourth-order valence-electron chi connectivity index (χ4n) is 1.45. The Morgan fingerprint density at radius 2 is 1.23 bits per heavy atom. The number of hydrogen-bond acceptors (Lipinski definition) is 5. The van der Waals surface area contributed by atoms with Crippen LogP contribution in [-0.4, -0.2) is 34.3 Å². The molecule has 2 aromatic rings. The van der Waals surface area contributed by atoms with Crippen LogP contribution in [0.2, 0.25) is 0 Å². The van der Waals surface area contributed by atoms with Crippen LogP contribution in [0.5, 0.6) is 0 Å². The maximum Gasteiger partial charge on any atom is 0.488 e. The van der Waals surface area contributed by atoms with Crippen molar-refractivity contribution in [1.82, 2.24) is 0 Å². The van der Waals surface area contributed by atoms with Crippen LogP contribution in [0.15, 0.2) is 42.5 Å². The van der Waals surface area contributed by atoms with E-state index < -0.39 is 25.9 Å². The molecule has 4 N–H and O–H groups in total. The number of nitriles is 1. The molecule has 22 heavy (non-hydrogen) atoms. The molecular weight excluding hydrogens is 294 g/mol. The number of hydrogen-bond donors (Lipinski definition) is 4. The van der Waals surface area contributed by atoms with Gasteiger partial charge in [0.15, 0.2) is 0 Å². The Kier molecular flexibility index (Phi) is 6.69. The zero-order valence-corrected chi connectivity index (χ0v) is 11.2. The lowest BCUT2D eigenvalue weighted by Crippen LogP contribution is -2.30. The van der Waals surface area contributed by atoms with E-state index in [1.54, 1.807) is 0 Å². The van der Waals surface area contributed by atoms with Gasteiger partial charge in [-0.2, -0.15) is 5.26 Å². The molecule has 0 aromatic heterocycles. The molecule has 0 spiro atoms. The van der Waals surface area contributed by atoms with Crippen molar-refractivity contribution in [3.8, 4) is 6.07 Å². The fourth-order valence-corrected chi connectivity index (χ4v) is 1.45. The van der Waals surface area contributed by atoms with Crippen molar-refractivity contribution in [2.75, 3.05) is 0 Å². The number of halogens is 2. The average molecular weight is 305 g/mol. The van der Waals surface area contributed by atoms with Gasteiger partial charge in [0.1, 0.15) is 11.6 Å². The van der Waals surface area contributed by atoms with Crippen LogP contribution < -0.4 is 10.9 Å². The first-order valence-electron chi connectivity index (χ1n) is 6.02. The van der Waals surface area contributed by atoms with E-state index in [1.807, 2.05) is 6.07 Å². The van der Waals surface area contributed by atoms with Gasteiger partial charge >= 0.3 is 14.2 Å². The van der Waals surface area contributed by atoms with Crippen molar-refractivity contribution < 1.29 is 28.9 Å². The van der Waals surface area contributed by atoms with Crippen LogP contribution in [0.3, 0.4) is 0 Å². The van der Waals surface area contributed by atoms with Gasteiger partial charge < -0.3 is 20.1 Å². The molecule has 0 unspecified atom stereocenters. The Balaban J connectivity index is 0.000000220. The Labute approximate surface area is 126 Å². The normalized spacial score (nSPS) is 9.32. The molecule has 2 aromatic carbocycles. The van der Waals surface area contributed by atoms with Crippen LogP contribution in [0.1, 0.15) is 5.56 Å². The predicted molar refractivity (Wildman–Crippen MR) is 77.2 cm³/mol. The summed E-state index contributed by atoms with van der Waals surface area (Å²) in [5.74, 6) is -1.65. The van der Waals surface area contributed by atoms with Crippen molar-refractivity contribution in [2.24, 2.45) is 0 Å². The van der Waals surface area contributed by atoms with Crippen LogP contribution >= 0.6 is 0 Å². The molecule has 0 aliphatic rings. The molecule has 0 saturated carbocycles. The third kappa shape index (κ3) is 5.63. The van der Waals surface area contributed by atoms with Crippen molar-refractivity contribution in [1.29, 1.82) is 5.26 Å². The lowest BCUT2D eigenvalue weighted by molar-refractivity contribution is 0.424. The molecule has 0 heterocycles. The number of rotatable bonds is 2. The predicted octanol–water partition coefficient (Wildman–Crippen LogP) is -1.12. The second kappa shape index (κ2) is 8.26. The first-order chi connectivity index (χ1) is 10.3. The number of nitrogens with zero attached hydrogens (tertiary/aromatic N) is 1. The minimum Gasteiger partial charge on any atom is -0.423 e. The van der Waals surface area contributed by atoms with E-state index in [9.17, 15) is 8.78 Å². The third-order valence-electron chi connectivity index (χ3n) is 2.52. The van der Waals surface area contributed by atoms with Crippen molar-refractivity contribution in [3.63, 3.8) is 0 Å². The summed E-state index contributed by atoms with van der Waals surface area (Å²) in [6.07, 6.45) is 0. The lowest BCUT2D eigenvalue weighted by Gasteiger charge is -1.98. The molecule has 112 valence electrons. The highest BCUT2D eigenvalue weighted by atomic mass is 19.1. The van der Waals surface area contributed by atoms with Crippen LogP contribution in [-0.2, 0) is 0 Å². The van der Waals surface area contributed by atoms with E-state index in [4.69, 9.17) is 25.4 Å². The number of benzene rings is 2. The van der Waals surface area contributed by atoms with Crippen LogP contribution in [0.25, 0.3) is 0 Å². The molecule has 0 atom stereocenters. The molecule has 9 heteroatoms.